The van der Waals surface area contributed by atoms with Gasteiger partial charge in [0.05, 0.1) is 11.0 Å². The highest BCUT2D eigenvalue weighted by Gasteiger charge is 2.15. The van der Waals surface area contributed by atoms with Gasteiger partial charge in [0.2, 0.25) is 0 Å². The molecule has 0 fully saturated rings. The Balaban J connectivity index is 2.25. The van der Waals surface area contributed by atoms with Crippen molar-refractivity contribution in [3.63, 3.8) is 0 Å². The summed E-state index contributed by atoms with van der Waals surface area (Å²) in [4.78, 5) is 15.7. The van der Waals surface area contributed by atoms with E-state index in [9.17, 15) is 4.79 Å². The van der Waals surface area contributed by atoms with Crippen molar-refractivity contribution in [3.8, 4) is 11.4 Å². The summed E-state index contributed by atoms with van der Waals surface area (Å²) in [6, 6.07) is 13.1. The van der Waals surface area contributed by atoms with Crippen LogP contribution in [0.25, 0.3) is 22.4 Å². The lowest BCUT2D eigenvalue weighted by Crippen LogP contribution is -2.10. The lowest BCUT2D eigenvalue weighted by atomic mass is 10.1. The first-order valence-electron chi connectivity index (χ1n) is 6.50. The number of halogens is 1. The van der Waals surface area contributed by atoms with E-state index in [0.29, 0.717) is 10.8 Å². The van der Waals surface area contributed by atoms with Crippen LogP contribution in [0.15, 0.2) is 42.5 Å². The molecule has 0 amide bonds. The summed E-state index contributed by atoms with van der Waals surface area (Å²) in [7, 11) is 0. The Morgan fingerprint density at radius 3 is 2.76 bits per heavy atom. The normalized spacial score (nSPS) is 11.0. The number of aliphatic carboxylic acids is 1. The van der Waals surface area contributed by atoms with Crippen molar-refractivity contribution >= 4 is 28.6 Å². The molecular weight excluding hydrogens is 288 g/mol. The van der Waals surface area contributed by atoms with Gasteiger partial charge in [0.1, 0.15) is 12.4 Å². The quantitative estimate of drug-likeness (QED) is 0.801. The molecule has 0 bridgehead atoms. The van der Waals surface area contributed by atoms with E-state index in [2.05, 4.69) is 4.98 Å². The van der Waals surface area contributed by atoms with Crippen LogP contribution in [0.5, 0.6) is 0 Å². The fraction of sp³-hybridized carbons (Fsp3) is 0.125. The first kappa shape index (κ1) is 13.6. The maximum absolute atomic E-state index is 11.1. The molecule has 0 aliphatic heterocycles. The third-order valence-electron chi connectivity index (χ3n) is 3.38. The molecule has 0 aliphatic carbocycles. The lowest BCUT2D eigenvalue weighted by Gasteiger charge is -2.07. The SMILES string of the molecule is Cc1ccc(-c2nc3ccccc3n2CC(=O)O)cc1Cl. The van der Waals surface area contributed by atoms with Gasteiger partial charge in [-0.2, -0.15) is 0 Å². The summed E-state index contributed by atoms with van der Waals surface area (Å²) in [6.45, 7) is 1.79. The van der Waals surface area contributed by atoms with Crippen LogP contribution in [0.4, 0.5) is 0 Å². The molecule has 0 saturated heterocycles. The monoisotopic (exact) mass is 300 g/mol. The van der Waals surface area contributed by atoms with Crippen LogP contribution in [-0.4, -0.2) is 20.6 Å². The number of aromatic nitrogens is 2. The Labute approximate surface area is 126 Å². The average Bonchev–Trinajstić information content (AvgIpc) is 2.80. The molecule has 3 rings (SSSR count). The number of rotatable bonds is 3. The molecule has 106 valence electrons. The van der Waals surface area contributed by atoms with Gasteiger partial charge in [-0.3, -0.25) is 4.79 Å². The van der Waals surface area contributed by atoms with Crippen LogP contribution in [0, 0.1) is 6.92 Å². The number of fused-ring (bicyclic) bond motifs is 1. The number of hydrogen-bond donors (Lipinski definition) is 1. The molecule has 0 radical (unpaired) electrons. The van der Waals surface area contributed by atoms with Crippen LogP contribution in [0.2, 0.25) is 5.02 Å². The third kappa shape index (κ3) is 2.50. The van der Waals surface area contributed by atoms with Crippen molar-refractivity contribution < 1.29 is 9.90 Å². The summed E-state index contributed by atoms with van der Waals surface area (Å²) >= 11 is 6.17. The molecule has 0 atom stereocenters. The number of benzene rings is 2. The number of nitrogens with zero attached hydrogens (tertiary/aromatic N) is 2. The van der Waals surface area contributed by atoms with Gasteiger partial charge in [0.25, 0.3) is 0 Å². The van der Waals surface area contributed by atoms with E-state index < -0.39 is 5.97 Å². The Hall–Kier alpha value is -2.33. The van der Waals surface area contributed by atoms with E-state index in [-0.39, 0.29) is 6.54 Å². The van der Waals surface area contributed by atoms with Crippen molar-refractivity contribution in [1.29, 1.82) is 0 Å². The van der Waals surface area contributed by atoms with E-state index in [1.54, 1.807) is 4.57 Å². The zero-order valence-electron chi connectivity index (χ0n) is 11.4. The molecule has 0 aliphatic rings. The van der Waals surface area contributed by atoms with Crippen molar-refractivity contribution in [2.75, 3.05) is 0 Å². The summed E-state index contributed by atoms with van der Waals surface area (Å²) in [5, 5.41) is 9.78. The second-order valence-electron chi connectivity index (χ2n) is 4.87. The molecule has 4 nitrogen and oxygen atoms in total. The van der Waals surface area contributed by atoms with Crippen molar-refractivity contribution in [2.24, 2.45) is 0 Å². The number of carboxylic acids is 1. The van der Waals surface area contributed by atoms with Gasteiger partial charge in [-0.1, -0.05) is 35.9 Å². The fourth-order valence-electron chi connectivity index (χ4n) is 2.32. The third-order valence-corrected chi connectivity index (χ3v) is 3.79. The molecule has 0 saturated carbocycles. The van der Waals surface area contributed by atoms with Crippen molar-refractivity contribution in [2.45, 2.75) is 13.5 Å². The Kier molecular flexibility index (Phi) is 3.39. The number of carboxylic acid groups (broad SMARTS) is 1. The number of carbonyl (C=O) groups is 1. The first-order valence-corrected chi connectivity index (χ1v) is 6.87. The van der Waals surface area contributed by atoms with Gasteiger partial charge in [-0.15, -0.1) is 0 Å². The van der Waals surface area contributed by atoms with Gasteiger partial charge in [0, 0.05) is 10.6 Å². The summed E-state index contributed by atoms with van der Waals surface area (Å²) in [5.74, 6) is -0.293. The van der Waals surface area contributed by atoms with Gasteiger partial charge < -0.3 is 9.67 Å². The average molecular weight is 301 g/mol. The van der Waals surface area contributed by atoms with Gasteiger partial charge in [0.15, 0.2) is 0 Å². The first-order chi connectivity index (χ1) is 10.1. The Bertz CT molecular complexity index is 839. The van der Waals surface area contributed by atoms with Gasteiger partial charge in [-0.25, -0.2) is 4.98 Å². The van der Waals surface area contributed by atoms with Gasteiger partial charge >= 0.3 is 5.97 Å². The Morgan fingerprint density at radius 1 is 1.29 bits per heavy atom. The predicted molar refractivity (Wildman–Crippen MR) is 82.6 cm³/mol. The maximum atomic E-state index is 11.1. The molecule has 21 heavy (non-hydrogen) atoms. The molecule has 0 unspecified atom stereocenters. The smallest absolute Gasteiger partial charge is 0.323 e. The second-order valence-corrected chi connectivity index (χ2v) is 5.28. The van der Waals surface area contributed by atoms with Crippen LogP contribution in [0.1, 0.15) is 5.56 Å². The molecule has 1 heterocycles. The molecule has 3 aromatic rings. The molecular formula is C16H13ClN2O2. The summed E-state index contributed by atoms with van der Waals surface area (Å²) < 4.78 is 1.69. The van der Waals surface area contributed by atoms with Gasteiger partial charge in [-0.05, 0) is 30.7 Å². The zero-order chi connectivity index (χ0) is 15.0. The highest BCUT2D eigenvalue weighted by Crippen LogP contribution is 2.28. The second kappa shape index (κ2) is 5.22. The zero-order valence-corrected chi connectivity index (χ0v) is 12.1. The highest BCUT2D eigenvalue weighted by atomic mass is 35.5. The molecule has 1 aromatic heterocycles. The van der Waals surface area contributed by atoms with E-state index in [1.165, 1.54) is 0 Å². The van der Waals surface area contributed by atoms with E-state index >= 15 is 0 Å². The molecule has 1 N–H and O–H groups in total. The Morgan fingerprint density at radius 2 is 2.05 bits per heavy atom. The lowest BCUT2D eigenvalue weighted by molar-refractivity contribution is -0.137. The van der Waals surface area contributed by atoms with Crippen LogP contribution in [-0.2, 0) is 11.3 Å². The van der Waals surface area contributed by atoms with Crippen molar-refractivity contribution in [3.05, 3.63) is 53.1 Å². The van der Waals surface area contributed by atoms with Crippen LogP contribution < -0.4 is 0 Å². The summed E-state index contributed by atoms with van der Waals surface area (Å²) in [6.07, 6.45) is 0. The van der Waals surface area contributed by atoms with E-state index in [1.807, 2.05) is 49.4 Å². The van der Waals surface area contributed by atoms with Crippen LogP contribution >= 0.6 is 11.6 Å². The topological polar surface area (TPSA) is 55.1 Å². The molecule has 2 aromatic carbocycles. The number of imidazole rings is 1. The van der Waals surface area contributed by atoms with Crippen molar-refractivity contribution in [1.82, 2.24) is 9.55 Å². The largest absolute Gasteiger partial charge is 0.480 e. The highest BCUT2D eigenvalue weighted by molar-refractivity contribution is 6.31. The van der Waals surface area contributed by atoms with Crippen LogP contribution in [0.3, 0.4) is 0 Å². The number of hydrogen-bond acceptors (Lipinski definition) is 2. The minimum Gasteiger partial charge on any atom is -0.480 e. The number of aryl methyl sites for hydroxylation is 1. The predicted octanol–water partition coefficient (Wildman–Crippen LogP) is 3.75. The maximum Gasteiger partial charge on any atom is 0.323 e. The number of para-hydroxylation sites is 2. The minimum absolute atomic E-state index is 0.138. The molecule has 0 spiro atoms. The minimum atomic E-state index is -0.905. The summed E-state index contributed by atoms with van der Waals surface area (Å²) in [5.41, 5.74) is 3.35. The van der Waals surface area contributed by atoms with E-state index in [0.717, 1.165) is 22.2 Å². The fourth-order valence-corrected chi connectivity index (χ4v) is 2.50. The van der Waals surface area contributed by atoms with E-state index in [4.69, 9.17) is 16.7 Å². The molecule has 5 heteroatoms. The standard InChI is InChI=1S/C16H13ClN2O2/c1-10-6-7-11(8-12(10)17)16-18-13-4-2-3-5-14(13)19(16)9-15(20)21/h2-8H,9H2,1H3,(H,20,21).